The molecule has 0 bridgehead atoms. The third-order valence-corrected chi connectivity index (χ3v) is 4.37. The number of urea groups is 1. The van der Waals surface area contributed by atoms with Crippen molar-refractivity contribution in [3.05, 3.63) is 29.3 Å². The van der Waals surface area contributed by atoms with Gasteiger partial charge >= 0.3 is 6.03 Å². The van der Waals surface area contributed by atoms with Gasteiger partial charge in [0, 0.05) is 24.7 Å². The maximum Gasteiger partial charge on any atom is 0.315 e. The average molecular weight is 317 g/mol. The van der Waals surface area contributed by atoms with Gasteiger partial charge in [0.05, 0.1) is 0 Å². The van der Waals surface area contributed by atoms with Gasteiger partial charge in [0.15, 0.2) is 0 Å². The van der Waals surface area contributed by atoms with Crippen LogP contribution < -0.4 is 16.0 Å². The molecule has 0 aliphatic heterocycles. The van der Waals surface area contributed by atoms with E-state index in [0.717, 1.165) is 24.1 Å². The highest BCUT2D eigenvalue weighted by Crippen LogP contribution is 2.17. The van der Waals surface area contributed by atoms with E-state index in [4.69, 9.17) is 0 Å². The molecular formula is C18H27N3O2. The molecule has 0 aromatic heterocycles. The summed E-state index contributed by atoms with van der Waals surface area (Å²) in [7, 11) is 0. The lowest BCUT2D eigenvalue weighted by molar-refractivity contribution is -0.116. The normalized spacial score (nSPS) is 15.0. The molecule has 0 spiro atoms. The van der Waals surface area contributed by atoms with Crippen molar-refractivity contribution in [1.82, 2.24) is 10.6 Å². The molecule has 1 aromatic carbocycles. The van der Waals surface area contributed by atoms with Crippen LogP contribution in [0, 0.1) is 13.8 Å². The van der Waals surface area contributed by atoms with Crippen LogP contribution in [0.3, 0.4) is 0 Å². The van der Waals surface area contributed by atoms with Crippen molar-refractivity contribution < 1.29 is 9.59 Å². The van der Waals surface area contributed by atoms with Gasteiger partial charge in [-0.1, -0.05) is 25.3 Å². The molecule has 1 fully saturated rings. The summed E-state index contributed by atoms with van der Waals surface area (Å²) in [4.78, 5) is 23.7. The number of carbonyl (C=O) groups excluding carboxylic acids is 2. The number of benzene rings is 1. The quantitative estimate of drug-likeness (QED) is 0.780. The fraction of sp³-hybridized carbons (Fsp3) is 0.556. The van der Waals surface area contributed by atoms with Gasteiger partial charge in [-0.3, -0.25) is 4.79 Å². The Morgan fingerprint density at radius 3 is 2.52 bits per heavy atom. The van der Waals surface area contributed by atoms with Gasteiger partial charge in [0.1, 0.15) is 0 Å². The lowest BCUT2D eigenvalue weighted by atomic mass is 9.96. The summed E-state index contributed by atoms with van der Waals surface area (Å²) in [5.41, 5.74) is 3.14. The molecule has 5 heteroatoms. The summed E-state index contributed by atoms with van der Waals surface area (Å²) >= 11 is 0. The zero-order chi connectivity index (χ0) is 16.7. The Kier molecular flexibility index (Phi) is 6.44. The predicted molar refractivity (Wildman–Crippen MR) is 92.6 cm³/mol. The number of aryl methyl sites for hydroxylation is 2. The minimum absolute atomic E-state index is 0.0915. The minimum atomic E-state index is -0.170. The van der Waals surface area contributed by atoms with Crippen molar-refractivity contribution in [1.29, 1.82) is 0 Å². The number of hydrogen-bond acceptors (Lipinski definition) is 2. The Hall–Kier alpha value is -2.04. The van der Waals surface area contributed by atoms with E-state index in [-0.39, 0.29) is 24.4 Å². The highest BCUT2D eigenvalue weighted by atomic mass is 16.2. The highest BCUT2D eigenvalue weighted by Gasteiger charge is 2.15. The van der Waals surface area contributed by atoms with Crippen LogP contribution in [0.1, 0.15) is 49.7 Å². The van der Waals surface area contributed by atoms with Crippen molar-refractivity contribution in [2.45, 2.75) is 58.4 Å². The molecule has 0 saturated heterocycles. The summed E-state index contributed by atoms with van der Waals surface area (Å²) in [5.74, 6) is -0.0915. The molecule has 23 heavy (non-hydrogen) atoms. The van der Waals surface area contributed by atoms with Crippen LogP contribution in [0.5, 0.6) is 0 Å². The van der Waals surface area contributed by atoms with Crippen LogP contribution in [0.4, 0.5) is 10.5 Å². The Morgan fingerprint density at radius 1 is 1.09 bits per heavy atom. The van der Waals surface area contributed by atoms with Crippen molar-refractivity contribution >= 4 is 17.6 Å². The molecule has 0 atom stereocenters. The fourth-order valence-corrected chi connectivity index (χ4v) is 2.82. The molecule has 126 valence electrons. The van der Waals surface area contributed by atoms with E-state index < -0.39 is 0 Å². The average Bonchev–Trinajstić information content (AvgIpc) is 2.52. The standard InChI is InChI=1S/C18H27N3O2/c1-13-8-9-16(12-14(13)2)20-17(22)10-11-19-18(23)21-15-6-4-3-5-7-15/h8-9,12,15H,3-7,10-11H2,1-2H3,(H,20,22)(H2,19,21,23). The number of anilines is 1. The van der Waals surface area contributed by atoms with Gasteiger partial charge < -0.3 is 16.0 Å². The van der Waals surface area contributed by atoms with E-state index in [1.807, 2.05) is 32.0 Å². The van der Waals surface area contributed by atoms with Gasteiger partial charge in [-0.05, 0) is 49.9 Å². The van der Waals surface area contributed by atoms with Gasteiger partial charge in [-0.15, -0.1) is 0 Å². The van der Waals surface area contributed by atoms with E-state index in [0.29, 0.717) is 6.54 Å². The first-order valence-electron chi connectivity index (χ1n) is 8.46. The SMILES string of the molecule is Cc1ccc(NC(=O)CCNC(=O)NC2CCCCC2)cc1C. The molecule has 3 N–H and O–H groups in total. The molecule has 2 rings (SSSR count). The first-order valence-corrected chi connectivity index (χ1v) is 8.46. The smallest absolute Gasteiger partial charge is 0.315 e. The number of amides is 3. The lowest BCUT2D eigenvalue weighted by Gasteiger charge is -2.22. The Labute approximate surface area is 138 Å². The molecular weight excluding hydrogens is 290 g/mol. The van der Waals surface area contributed by atoms with Gasteiger partial charge in [0.25, 0.3) is 0 Å². The van der Waals surface area contributed by atoms with Crippen molar-refractivity contribution in [3.8, 4) is 0 Å². The van der Waals surface area contributed by atoms with E-state index in [9.17, 15) is 9.59 Å². The zero-order valence-electron chi connectivity index (χ0n) is 14.1. The summed E-state index contributed by atoms with van der Waals surface area (Å²) in [6.07, 6.45) is 6.01. The zero-order valence-corrected chi connectivity index (χ0v) is 14.1. The third-order valence-electron chi connectivity index (χ3n) is 4.37. The molecule has 1 aromatic rings. The topological polar surface area (TPSA) is 70.2 Å². The second kappa shape index (κ2) is 8.56. The fourth-order valence-electron chi connectivity index (χ4n) is 2.82. The molecule has 3 amide bonds. The van der Waals surface area contributed by atoms with E-state index >= 15 is 0 Å². The number of carbonyl (C=O) groups is 2. The van der Waals surface area contributed by atoms with Gasteiger partial charge in [-0.2, -0.15) is 0 Å². The van der Waals surface area contributed by atoms with E-state index in [1.54, 1.807) is 0 Å². The monoisotopic (exact) mass is 317 g/mol. The molecule has 1 aliphatic rings. The van der Waals surface area contributed by atoms with Crippen molar-refractivity contribution in [3.63, 3.8) is 0 Å². The summed E-state index contributed by atoms with van der Waals surface area (Å²) < 4.78 is 0. The largest absolute Gasteiger partial charge is 0.338 e. The Morgan fingerprint density at radius 2 is 1.83 bits per heavy atom. The molecule has 5 nitrogen and oxygen atoms in total. The van der Waals surface area contributed by atoms with Crippen LogP contribution >= 0.6 is 0 Å². The summed E-state index contributed by atoms with van der Waals surface area (Å²) in [6, 6.07) is 5.95. The highest BCUT2D eigenvalue weighted by molar-refractivity contribution is 5.91. The summed E-state index contributed by atoms with van der Waals surface area (Å²) in [6.45, 7) is 4.40. The van der Waals surface area contributed by atoms with Crippen molar-refractivity contribution in [2.24, 2.45) is 0 Å². The van der Waals surface area contributed by atoms with Crippen LogP contribution in [-0.4, -0.2) is 24.5 Å². The molecule has 0 heterocycles. The molecule has 1 aliphatic carbocycles. The van der Waals surface area contributed by atoms with Crippen LogP contribution in [-0.2, 0) is 4.79 Å². The minimum Gasteiger partial charge on any atom is -0.338 e. The number of rotatable bonds is 5. The predicted octanol–water partition coefficient (Wildman–Crippen LogP) is 3.26. The van der Waals surface area contributed by atoms with Crippen molar-refractivity contribution in [2.75, 3.05) is 11.9 Å². The lowest BCUT2D eigenvalue weighted by Crippen LogP contribution is -2.43. The van der Waals surface area contributed by atoms with E-state index in [1.165, 1.54) is 24.8 Å². The van der Waals surface area contributed by atoms with Gasteiger partial charge in [0.2, 0.25) is 5.91 Å². The first-order chi connectivity index (χ1) is 11.0. The van der Waals surface area contributed by atoms with E-state index in [2.05, 4.69) is 16.0 Å². The third kappa shape index (κ3) is 5.93. The molecule has 0 radical (unpaired) electrons. The molecule has 1 saturated carbocycles. The van der Waals surface area contributed by atoms with Gasteiger partial charge in [-0.25, -0.2) is 4.79 Å². The second-order valence-electron chi connectivity index (χ2n) is 6.33. The Bertz CT molecular complexity index is 551. The van der Waals surface area contributed by atoms with Crippen LogP contribution in [0.15, 0.2) is 18.2 Å². The van der Waals surface area contributed by atoms with Crippen LogP contribution in [0.2, 0.25) is 0 Å². The Balaban J connectivity index is 1.65. The maximum absolute atomic E-state index is 11.9. The number of hydrogen-bond donors (Lipinski definition) is 3. The molecule has 0 unspecified atom stereocenters. The first kappa shape index (κ1) is 17.3. The van der Waals surface area contributed by atoms with Crippen LogP contribution in [0.25, 0.3) is 0 Å². The summed E-state index contributed by atoms with van der Waals surface area (Å²) in [5, 5.41) is 8.58. The maximum atomic E-state index is 11.9. The number of nitrogens with one attached hydrogen (secondary N) is 3. The second-order valence-corrected chi connectivity index (χ2v) is 6.33.